The molecule has 5 aromatic rings. The molecular formula is C40H37Cl2N7O6. The maximum absolute atomic E-state index is 14.4. The molecule has 4 aliphatic heterocycles. The summed E-state index contributed by atoms with van der Waals surface area (Å²) in [5.41, 5.74) is 3.60. The van der Waals surface area contributed by atoms with E-state index in [-0.39, 0.29) is 53.8 Å². The van der Waals surface area contributed by atoms with Gasteiger partial charge in [0.15, 0.2) is 12.7 Å². The van der Waals surface area contributed by atoms with Gasteiger partial charge in [-0.3, -0.25) is 38.4 Å². The molecule has 10 rings (SSSR count). The number of carbonyl (C=O) groups is 2. The van der Waals surface area contributed by atoms with Crippen molar-refractivity contribution >= 4 is 46.4 Å². The summed E-state index contributed by atoms with van der Waals surface area (Å²) in [6, 6.07) is 16.4. The Hall–Kier alpha value is -5.27. The van der Waals surface area contributed by atoms with Crippen molar-refractivity contribution in [3.05, 3.63) is 97.5 Å². The van der Waals surface area contributed by atoms with Crippen LogP contribution in [-0.2, 0) is 42.3 Å². The van der Waals surface area contributed by atoms with Crippen LogP contribution in [0.2, 0.25) is 10.3 Å². The summed E-state index contributed by atoms with van der Waals surface area (Å²) in [5, 5.41) is 3.58. The van der Waals surface area contributed by atoms with Crippen LogP contribution in [0.1, 0.15) is 37.8 Å². The van der Waals surface area contributed by atoms with Gasteiger partial charge in [-0.2, -0.15) is 0 Å². The molecule has 55 heavy (non-hydrogen) atoms. The van der Waals surface area contributed by atoms with Gasteiger partial charge < -0.3 is 14.8 Å². The first-order chi connectivity index (χ1) is 26.7. The van der Waals surface area contributed by atoms with Gasteiger partial charge in [-0.15, -0.1) is 0 Å². The van der Waals surface area contributed by atoms with Gasteiger partial charge in [0.25, 0.3) is 22.9 Å². The lowest BCUT2D eigenvalue weighted by molar-refractivity contribution is -0.127. The Bertz CT molecular complexity index is 2520. The molecule has 2 amide bonds. The second kappa shape index (κ2) is 13.2. The highest BCUT2D eigenvalue weighted by Crippen LogP contribution is 2.51. The highest BCUT2D eigenvalue weighted by atomic mass is 35.5. The van der Waals surface area contributed by atoms with Crippen molar-refractivity contribution in [1.82, 2.24) is 23.7 Å². The van der Waals surface area contributed by atoms with Gasteiger partial charge in [-0.25, -0.2) is 9.36 Å². The zero-order chi connectivity index (χ0) is 37.5. The van der Waals surface area contributed by atoms with Gasteiger partial charge in [-0.05, 0) is 91.5 Å². The normalized spacial score (nSPS) is 22.5. The van der Waals surface area contributed by atoms with Crippen LogP contribution in [0, 0.1) is 17.8 Å². The molecule has 3 aromatic heterocycles. The number of ether oxygens (including phenoxy) is 2. The van der Waals surface area contributed by atoms with Crippen LogP contribution in [0.15, 0.2) is 70.4 Å². The Morgan fingerprint density at radius 3 is 2.31 bits per heavy atom. The average molecular weight is 783 g/mol. The first kappa shape index (κ1) is 34.2. The number of rotatable bonds is 7. The minimum Gasteiger partial charge on any atom is -0.482 e. The summed E-state index contributed by atoms with van der Waals surface area (Å²) >= 11 is 13.6. The molecule has 0 saturated heterocycles. The second-order valence-electron chi connectivity index (χ2n) is 15.2. The molecule has 0 radical (unpaired) electrons. The van der Waals surface area contributed by atoms with Gasteiger partial charge in [0.2, 0.25) is 0 Å². The Morgan fingerprint density at radius 1 is 0.818 bits per heavy atom. The number of carbonyl (C=O) groups excluding carboxylic acids is 2. The third-order valence-electron chi connectivity index (χ3n) is 11.8. The number of hydrogen-bond donors (Lipinski definition) is 1. The second-order valence-corrected chi connectivity index (χ2v) is 15.9. The Labute approximate surface area is 324 Å². The minimum atomic E-state index is -0.673. The lowest BCUT2D eigenvalue weighted by Crippen LogP contribution is -2.47. The van der Waals surface area contributed by atoms with Gasteiger partial charge >= 0.3 is 0 Å². The number of aromatic nitrogens is 5. The van der Waals surface area contributed by atoms with Crippen molar-refractivity contribution in [2.45, 2.75) is 70.9 Å². The van der Waals surface area contributed by atoms with Crippen molar-refractivity contribution in [2.75, 3.05) is 16.8 Å². The van der Waals surface area contributed by atoms with Crippen LogP contribution in [0.25, 0.3) is 22.3 Å². The Kier molecular flexibility index (Phi) is 8.21. The average Bonchev–Trinajstić information content (AvgIpc) is 3.85. The molecule has 7 heterocycles. The van der Waals surface area contributed by atoms with Gasteiger partial charge in [0, 0.05) is 38.3 Å². The predicted molar refractivity (Wildman–Crippen MR) is 206 cm³/mol. The first-order valence-corrected chi connectivity index (χ1v) is 19.6. The van der Waals surface area contributed by atoms with E-state index in [1.807, 2.05) is 45.8 Å². The van der Waals surface area contributed by atoms with Crippen molar-refractivity contribution in [3.8, 4) is 33.8 Å². The quantitative estimate of drug-likeness (QED) is 0.220. The molecular weight excluding hydrogens is 745 g/mol. The topological polar surface area (TPSA) is 135 Å². The van der Waals surface area contributed by atoms with Crippen LogP contribution in [0.4, 0.5) is 11.4 Å². The number of anilines is 2. The van der Waals surface area contributed by atoms with Crippen LogP contribution in [-0.4, -0.2) is 48.2 Å². The third-order valence-corrected chi connectivity index (χ3v) is 12.5. The number of nitrogens with zero attached hydrogens (tertiary/aromatic N) is 6. The Morgan fingerprint density at radius 2 is 1.55 bits per heavy atom. The lowest BCUT2D eigenvalue weighted by Gasteiger charge is -2.35. The molecule has 2 aromatic carbocycles. The molecule has 1 aliphatic carbocycles. The number of halogens is 2. The SMILES string of the molecule is O=C1COc2ccc(-c3c(Cl)n4n(c3=O)CC(CC3C[C@@H]3C3Oc5ccc(-c6c(Cl)n7n(c6=O)CCCC7)cc5N(Cc5ccccn5)C3=O)CC4)cc2N1. The molecule has 0 spiro atoms. The standard InChI is InChI=1S/C40H37Cl2N7O6/c41-36-34(38(51)48-13-4-3-12-46(36)48)24-7-9-31-29(18-24)45(20-26-5-1-2-11-43-26)40(53)35(55-31)27-16-25(27)15-22-10-14-47-37(42)33(39(52)49(47)19-22)23-6-8-30-28(17-23)44-32(50)21-54-30/h1-2,5-9,11,17-18,22,25,27,35H,3-4,10,12-16,19-21H2,(H,44,50)/t22?,25?,27-,35?/m0/s1. The summed E-state index contributed by atoms with van der Waals surface area (Å²) < 4.78 is 19.1. The molecule has 13 nitrogen and oxygen atoms in total. The van der Waals surface area contributed by atoms with Crippen molar-refractivity contribution in [1.29, 1.82) is 0 Å². The van der Waals surface area contributed by atoms with Crippen LogP contribution in [0.3, 0.4) is 0 Å². The van der Waals surface area contributed by atoms with Gasteiger partial charge in [-0.1, -0.05) is 41.4 Å². The van der Waals surface area contributed by atoms with Gasteiger partial charge in [0.05, 0.1) is 34.7 Å². The number of hydrogen-bond acceptors (Lipinski definition) is 7. The number of fused-ring (bicyclic) bond motifs is 4. The molecule has 0 bridgehead atoms. The smallest absolute Gasteiger partial charge is 0.276 e. The molecule has 5 aliphatic rings. The molecule has 15 heteroatoms. The number of nitrogens with one attached hydrogen (secondary N) is 1. The largest absolute Gasteiger partial charge is 0.482 e. The Balaban J connectivity index is 0.891. The molecule has 1 N–H and O–H groups in total. The van der Waals surface area contributed by atoms with Crippen molar-refractivity contribution in [2.24, 2.45) is 17.8 Å². The van der Waals surface area contributed by atoms with Crippen LogP contribution >= 0.6 is 23.2 Å². The lowest BCUT2D eigenvalue weighted by atomic mass is 9.95. The van der Waals surface area contributed by atoms with E-state index in [0.29, 0.717) is 81.6 Å². The van der Waals surface area contributed by atoms with Crippen molar-refractivity contribution in [3.63, 3.8) is 0 Å². The minimum absolute atomic E-state index is 0.0151. The van der Waals surface area contributed by atoms with E-state index in [1.165, 1.54) is 0 Å². The van der Waals surface area contributed by atoms with Crippen LogP contribution in [0.5, 0.6) is 11.5 Å². The molecule has 1 saturated carbocycles. The van der Waals surface area contributed by atoms with E-state index in [0.717, 1.165) is 37.8 Å². The molecule has 282 valence electrons. The number of benzene rings is 2. The molecule has 1 fully saturated rings. The van der Waals surface area contributed by atoms with E-state index in [1.54, 1.807) is 38.7 Å². The van der Waals surface area contributed by atoms with Gasteiger partial charge in [0.1, 0.15) is 21.8 Å². The summed E-state index contributed by atoms with van der Waals surface area (Å²) in [7, 11) is 0. The summed E-state index contributed by atoms with van der Waals surface area (Å²) in [6.07, 6.45) is 5.44. The number of amides is 2. The fourth-order valence-corrected chi connectivity index (χ4v) is 9.65. The van der Waals surface area contributed by atoms with Crippen LogP contribution < -0.4 is 30.8 Å². The fourth-order valence-electron chi connectivity index (χ4n) is 8.92. The first-order valence-electron chi connectivity index (χ1n) is 18.8. The zero-order valence-electron chi connectivity index (χ0n) is 29.7. The van der Waals surface area contributed by atoms with E-state index < -0.39 is 6.10 Å². The van der Waals surface area contributed by atoms with E-state index in [9.17, 15) is 19.2 Å². The highest BCUT2D eigenvalue weighted by molar-refractivity contribution is 6.32. The number of pyridine rings is 1. The predicted octanol–water partition coefficient (Wildman–Crippen LogP) is 5.81. The maximum atomic E-state index is 14.4. The fraction of sp³-hybridized carbons (Fsp3) is 0.375. The monoisotopic (exact) mass is 781 g/mol. The summed E-state index contributed by atoms with van der Waals surface area (Å²) in [4.78, 5) is 59.9. The maximum Gasteiger partial charge on any atom is 0.276 e. The summed E-state index contributed by atoms with van der Waals surface area (Å²) in [6.45, 7) is 2.60. The molecule has 4 atom stereocenters. The zero-order valence-corrected chi connectivity index (χ0v) is 31.3. The highest BCUT2D eigenvalue weighted by Gasteiger charge is 2.51. The molecule has 3 unspecified atom stereocenters. The van der Waals surface area contributed by atoms with Crippen molar-refractivity contribution < 1.29 is 19.1 Å². The van der Waals surface area contributed by atoms with E-state index in [4.69, 9.17) is 32.7 Å². The third kappa shape index (κ3) is 5.78. The van der Waals surface area contributed by atoms with E-state index in [2.05, 4.69) is 10.3 Å². The summed E-state index contributed by atoms with van der Waals surface area (Å²) in [5.74, 6) is 1.21. The van der Waals surface area contributed by atoms with E-state index >= 15 is 0 Å².